The van der Waals surface area contributed by atoms with Crippen molar-refractivity contribution >= 4 is 28.6 Å². The Morgan fingerprint density at radius 1 is 1.35 bits per heavy atom. The average molecular weight is 425 g/mol. The van der Waals surface area contributed by atoms with Crippen molar-refractivity contribution in [3.05, 3.63) is 29.6 Å². The molecule has 31 heavy (non-hydrogen) atoms. The zero-order valence-corrected chi connectivity index (χ0v) is 17.9. The van der Waals surface area contributed by atoms with E-state index in [0.29, 0.717) is 60.6 Å². The lowest BCUT2D eigenvalue weighted by atomic mass is 10.2. The highest BCUT2D eigenvalue weighted by Crippen LogP contribution is 2.32. The number of hydrogen-bond donors (Lipinski definition) is 3. The summed E-state index contributed by atoms with van der Waals surface area (Å²) in [6.07, 6.45) is 2.87. The molecule has 0 saturated carbocycles. The molecule has 10 nitrogen and oxygen atoms in total. The minimum absolute atomic E-state index is 0.190. The molecule has 2 fully saturated rings. The van der Waals surface area contributed by atoms with Gasteiger partial charge in [0.1, 0.15) is 22.5 Å². The molecule has 0 aromatic carbocycles. The van der Waals surface area contributed by atoms with Gasteiger partial charge in [0.15, 0.2) is 5.82 Å². The number of nitrogens with zero attached hydrogens (tertiary/aromatic N) is 6. The van der Waals surface area contributed by atoms with Crippen molar-refractivity contribution < 1.29 is 9.84 Å². The highest BCUT2D eigenvalue weighted by molar-refractivity contribution is 5.90. The van der Waals surface area contributed by atoms with E-state index in [-0.39, 0.29) is 6.61 Å². The van der Waals surface area contributed by atoms with E-state index in [9.17, 15) is 5.11 Å². The Kier molecular flexibility index (Phi) is 5.43. The molecule has 2 saturated heterocycles. The third-order valence-electron chi connectivity index (χ3n) is 5.92. The van der Waals surface area contributed by atoms with E-state index < -0.39 is 0 Å². The van der Waals surface area contributed by atoms with E-state index >= 15 is 0 Å². The first-order chi connectivity index (χ1) is 15.2. The molecule has 10 heteroatoms. The van der Waals surface area contributed by atoms with E-state index in [4.69, 9.17) is 14.7 Å². The smallest absolute Gasteiger partial charge is 0.228 e. The first kappa shape index (κ1) is 20.1. The van der Waals surface area contributed by atoms with Crippen LogP contribution in [0.1, 0.15) is 24.6 Å². The summed E-state index contributed by atoms with van der Waals surface area (Å²) in [4.78, 5) is 16.5. The molecule has 5 rings (SSSR count). The van der Waals surface area contributed by atoms with E-state index in [1.54, 1.807) is 6.20 Å². The van der Waals surface area contributed by atoms with Crippen molar-refractivity contribution in [2.75, 3.05) is 36.5 Å². The first-order valence-electron chi connectivity index (χ1n) is 10.8. The molecule has 164 valence electrons. The average Bonchev–Trinajstić information content (AvgIpc) is 3.48. The lowest BCUT2D eigenvalue weighted by Gasteiger charge is -2.27. The van der Waals surface area contributed by atoms with Crippen molar-refractivity contribution in [2.24, 2.45) is 0 Å². The normalized spacial score (nSPS) is 20.2. The molecule has 2 atom stereocenters. The van der Waals surface area contributed by atoms with Crippen LogP contribution in [0.5, 0.6) is 0 Å². The summed E-state index contributed by atoms with van der Waals surface area (Å²) in [6.45, 7) is 7.31. The van der Waals surface area contributed by atoms with Crippen LogP contribution in [0.2, 0.25) is 0 Å². The molecule has 2 aliphatic rings. The van der Waals surface area contributed by atoms with E-state index in [2.05, 4.69) is 25.6 Å². The standard InChI is InChI=1S/C21H28N8O2/c1-3-31-7-6-29-19-18(16(12-30)27-29)25-21(28-11-14-9-15(28)10-23-14)26-20(19)24-17-8-13(2)4-5-22-17/h4-5,8,14-15,23,30H,3,6-7,9-12H2,1-2H3,(H,22,24,25,26)/t14-,15-/m0/s1. The Bertz CT molecular complexity index is 1080. The van der Waals surface area contributed by atoms with Crippen molar-refractivity contribution in [2.45, 2.75) is 45.5 Å². The number of pyridine rings is 1. The van der Waals surface area contributed by atoms with E-state index in [0.717, 1.165) is 30.6 Å². The molecule has 0 radical (unpaired) electrons. The molecular formula is C21H28N8O2. The number of anilines is 3. The SMILES string of the molecule is CCOCCn1nc(CO)c2nc(N3C[C@@H]4C[C@H]3CN4)nc(Nc3cc(C)ccn3)c21. The van der Waals surface area contributed by atoms with Crippen LogP contribution in [0.4, 0.5) is 17.6 Å². The predicted octanol–water partition coefficient (Wildman–Crippen LogP) is 1.35. The number of hydrogen-bond acceptors (Lipinski definition) is 9. The van der Waals surface area contributed by atoms with Crippen LogP contribution in [0.3, 0.4) is 0 Å². The van der Waals surface area contributed by atoms with Gasteiger partial charge in [0.2, 0.25) is 5.95 Å². The molecule has 2 bridgehead atoms. The van der Waals surface area contributed by atoms with Gasteiger partial charge in [-0.15, -0.1) is 0 Å². The fourth-order valence-corrected chi connectivity index (χ4v) is 4.44. The van der Waals surface area contributed by atoms with Gasteiger partial charge in [-0.1, -0.05) is 0 Å². The molecule has 5 heterocycles. The fourth-order valence-electron chi connectivity index (χ4n) is 4.44. The summed E-state index contributed by atoms with van der Waals surface area (Å²) in [6, 6.07) is 4.79. The van der Waals surface area contributed by atoms with Crippen LogP contribution in [-0.2, 0) is 17.9 Å². The first-order valence-corrected chi connectivity index (χ1v) is 10.8. The van der Waals surface area contributed by atoms with Gasteiger partial charge in [-0.2, -0.15) is 10.1 Å². The number of piperazine rings is 1. The van der Waals surface area contributed by atoms with Crippen LogP contribution in [0.15, 0.2) is 18.3 Å². The molecule has 0 spiro atoms. The van der Waals surface area contributed by atoms with Gasteiger partial charge in [-0.3, -0.25) is 4.68 Å². The summed E-state index contributed by atoms with van der Waals surface area (Å²) in [5, 5.41) is 21.5. The van der Waals surface area contributed by atoms with E-state index in [1.807, 2.05) is 30.7 Å². The summed E-state index contributed by atoms with van der Waals surface area (Å²) in [7, 11) is 0. The van der Waals surface area contributed by atoms with Crippen molar-refractivity contribution in [3.63, 3.8) is 0 Å². The second-order valence-corrected chi connectivity index (χ2v) is 8.08. The zero-order valence-electron chi connectivity index (χ0n) is 17.9. The second kappa shape index (κ2) is 8.37. The molecule has 2 aliphatic heterocycles. The summed E-state index contributed by atoms with van der Waals surface area (Å²) in [5.74, 6) is 2.01. The number of aliphatic hydroxyl groups is 1. The number of rotatable bonds is 8. The van der Waals surface area contributed by atoms with Gasteiger partial charge in [0, 0.05) is 38.0 Å². The summed E-state index contributed by atoms with van der Waals surface area (Å²) >= 11 is 0. The lowest BCUT2D eigenvalue weighted by molar-refractivity contribution is 0.137. The Morgan fingerprint density at radius 3 is 2.97 bits per heavy atom. The quantitative estimate of drug-likeness (QED) is 0.461. The van der Waals surface area contributed by atoms with Gasteiger partial charge in [0.05, 0.1) is 19.8 Å². The molecule has 3 aromatic heterocycles. The maximum absolute atomic E-state index is 9.98. The molecule has 3 aromatic rings. The Labute approximate surface area is 180 Å². The van der Waals surface area contributed by atoms with Crippen molar-refractivity contribution in [3.8, 4) is 0 Å². The maximum Gasteiger partial charge on any atom is 0.228 e. The Morgan fingerprint density at radius 2 is 2.26 bits per heavy atom. The highest BCUT2D eigenvalue weighted by Gasteiger charge is 2.39. The molecule has 0 unspecified atom stereocenters. The van der Waals surface area contributed by atoms with Crippen LogP contribution < -0.4 is 15.5 Å². The fraction of sp³-hybridized carbons (Fsp3) is 0.524. The largest absolute Gasteiger partial charge is 0.390 e. The van der Waals surface area contributed by atoms with Gasteiger partial charge in [-0.25, -0.2) is 9.97 Å². The third kappa shape index (κ3) is 3.82. The van der Waals surface area contributed by atoms with Gasteiger partial charge in [-0.05, 0) is 38.0 Å². The second-order valence-electron chi connectivity index (χ2n) is 8.08. The number of aromatic nitrogens is 5. The number of nitrogens with one attached hydrogen (secondary N) is 2. The number of aliphatic hydroxyl groups excluding tert-OH is 1. The number of aryl methyl sites for hydroxylation is 1. The zero-order chi connectivity index (χ0) is 21.4. The third-order valence-corrected chi connectivity index (χ3v) is 5.92. The molecule has 0 amide bonds. The predicted molar refractivity (Wildman–Crippen MR) is 118 cm³/mol. The van der Waals surface area contributed by atoms with Crippen molar-refractivity contribution in [1.29, 1.82) is 0 Å². The van der Waals surface area contributed by atoms with Gasteiger partial charge < -0.3 is 25.4 Å². The van der Waals surface area contributed by atoms with Crippen molar-refractivity contribution in [1.82, 2.24) is 30.0 Å². The minimum Gasteiger partial charge on any atom is -0.390 e. The highest BCUT2D eigenvalue weighted by atomic mass is 16.5. The summed E-state index contributed by atoms with van der Waals surface area (Å²) < 4.78 is 7.35. The Hall–Kier alpha value is -2.82. The lowest BCUT2D eigenvalue weighted by Crippen LogP contribution is -2.44. The summed E-state index contributed by atoms with van der Waals surface area (Å²) in [5.41, 5.74) is 3.05. The topological polar surface area (TPSA) is 113 Å². The van der Waals surface area contributed by atoms with Crippen LogP contribution in [-0.4, -0.2) is 68.2 Å². The van der Waals surface area contributed by atoms with Crippen LogP contribution >= 0.6 is 0 Å². The number of fused-ring (bicyclic) bond motifs is 3. The van der Waals surface area contributed by atoms with Gasteiger partial charge in [0.25, 0.3) is 0 Å². The minimum atomic E-state index is -0.190. The molecular weight excluding hydrogens is 396 g/mol. The van der Waals surface area contributed by atoms with E-state index in [1.165, 1.54) is 0 Å². The van der Waals surface area contributed by atoms with Crippen LogP contribution in [0, 0.1) is 6.92 Å². The Balaban J connectivity index is 1.61. The van der Waals surface area contributed by atoms with Crippen LogP contribution in [0.25, 0.3) is 11.0 Å². The monoisotopic (exact) mass is 424 g/mol. The number of ether oxygens (including phenoxy) is 1. The maximum atomic E-state index is 9.98. The molecule has 3 N–H and O–H groups in total. The molecule has 0 aliphatic carbocycles. The van der Waals surface area contributed by atoms with Gasteiger partial charge >= 0.3 is 0 Å².